The van der Waals surface area contributed by atoms with E-state index in [9.17, 15) is 4.79 Å². The first-order valence-corrected chi connectivity index (χ1v) is 10.1. The van der Waals surface area contributed by atoms with Gasteiger partial charge < -0.3 is 19.4 Å². The standard InChI is InChI=1S/C24H25N3O3/c1-4-11-26-14-27-19(24(26)28)13-17-16-7-5-6-8-18(16)25-22(17)23(27)15-9-10-20(29-2)21(12-15)30-3/h4-10,12,19,23,25H,1,11,13-14H2,2-3H3. The van der Waals surface area contributed by atoms with E-state index in [-0.39, 0.29) is 18.0 Å². The second kappa shape index (κ2) is 7.22. The molecule has 30 heavy (non-hydrogen) atoms. The van der Waals surface area contributed by atoms with Crippen molar-refractivity contribution in [2.75, 3.05) is 27.4 Å². The predicted octanol–water partition coefficient (Wildman–Crippen LogP) is 3.49. The summed E-state index contributed by atoms with van der Waals surface area (Å²) in [6.07, 6.45) is 2.49. The Morgan fingerprint density at radius 1 is 1.17 bits per heavy atom. The molecular formula is C24H25N3O3. The van der Waals surface area contributed by atoms with Gasteiger partial charge in [0.25, 0.3) is 0 Å². The topological polar surface area (TPSA) is 57.8 Å². The molecule has 2 aliphatic heterocycles. The van der Waals surface area contributed by atoms with Gasteiger partial charge in [0.1, 0.15) is 0 Å². The van der Waals surface area contributed by atoms with Crippen molar-refractivity contribution in [2.45, 2.75) is 18.5 Å². The fourth-order valence-corrected chi connectivity index (χ4v) is 4.90. The minimum absolute atomic E-state index is 0.0790. The molecule has 1 amide bonds. The zero-order valence-electron chi connectivity index (χ0n) is 17.2. The van der Waals surface area contributed by atoms with Gasteiger partial charge in [-0.25, -0.2) is 0 Å². The minimum Gasteiger partial charge on any atom is -0.493 e. The zero-order chi connectivity index (χ0) is 20.8. The second-order valence-electron chi connectivity index (χ2n) is 7.80. The Kier molecular flexibility index (Phi) is 4.51. The first-order chi connectivity index (χ1) is 14.7. The van der Waals surface area contributed by atoms with Gasteiger partial charge in [-0.05, 0) is 35.7 Å². The van der Waals surface area contributed by atoms with Crippen molar-refractivity contribution in [1.29, 1.82) is 0 Å². The van der Waals surface area contributed by atoms with E-state index in [1.165, 1.54) is 10.9 Å². The molecule has 2 aliphatic rings. The quantitative estimate of drug-likeness (QED) is 0.663. The lowest BCUT2D eigenvalue weighted by atomic mass is 9.89. The lowest BCUT2D eigenvalue weighted by Gasteiger charge is -2.36. The smallest absolute Gasteiger partial charge is 0.241 e. The van der Waals surface area contributed by atoms with E-state index >= 15 is 0 Å². The van der Waals surface area contributed by atoms with Crippen molar-refractivity contribution < 1.29 is 14.3 Å². The molecule has 3 aromatic rings. The molecule has 6 heteroatoms. The number of H-pyrrole nitrogens is 1. The number of carbonyl (C=O) groups is 1. The Bertz CT molecular complexity index is 1140. The normalized spacial score (nSPS) is 20.9. The molecule has 3 heterocycles. The van der Waals surface area contributed by atoms with Gasteiger partial charge in [0.15, 0.2) is 11.5 Å². The number of carbonyl (C=O) groups excluding carboxylic acids is 1. The Balaban J connectivity index is 1.69. The zero-order valence-corrected chi connectivity index (χ0v) is 17.2. The highest BCUT2D eigenvalue weighted by Crippen LogP contribution is 2.44. The molecule has 0 radical (unpaired) electrons. The number of hydrogen-bond acceptors (Lipinski definition) is 4. The number of nitrogens with zero attached hydrogens (tertiary/aromatic N) is 2. The third-order valence-electron chi connectivity index (χ3n) is 6.25. The number of nitrogens with one attached hydrogen (secondary N) is 1. The van der Waals surface area contributed by atoms with Crippen molar-refractivity contribution in [3.8, 4) is 11.5 Å². The van der Waals surface area contributed by atoms with Crippen molar-refractivity contribution in [3.63, 3.8) is 0 Å². The minimum atomic E-state index is -0.185. The highest BCUT2D eigenvalue weighted by atomic mass is 16.5. The number of hydrogen-bond donors (Lipinski definition) is 1. The maximum atomic E-state index is 13.2. The number of benzene rings is 2. The number of amides is 1. The fraction of sp³-hybridized carbons (Fsp3) is 0.292. The summed E-state index contributed by atoms with van der Waals surface area (Å²) in [7, 11) is 3.28. The summed E-state index contributed by atoms with van der Waals surface area (Å²) < 4.78 is 11.0. The van der Waals surface area contributed by atoms with Gasteiger partial charge in [-0.1, -0.05) is 30.3 Å². The number of ether oxygens (including phenoxy) is 2. The maximum Gasteiger partial charge on any atom is 0.241 e. The van der Waals surface area contributed by atoms with Crippen LogP contribution in [0.1, 0.15) is 22.9 Å². The van der Waals surface area contributed by atoms with E-state index in [0.29, 0.717) is 31.1 Å². The monoisotopic (exact) mass is 403 g/mol. The van der Waals surface area contributed by atoms with Gasteiger partial charge in [0.2, 0.25) is 5.91 Å². The number of rotatable bonds is 5. The summed E-state index contributed by atoms with van der Waals surface area (Å²) in [6.45, 7) is 4.94. The van der Waals surface area contributed by atoms with Gasteiger partial charge in [-0.15, -0.1) is 6.58 Å². The highest BCUT2D eigenvalue weighted by molar-refractivity contribution is 5.89. The van der Waals surface area contributed by atoms with E-state index in [1.807, 2.05) is 23.1 Å². The molecule has 0 bridgehead atoms. The molecule has 2 aromatic carbocycles. The lowest BCUT2D eigenvalue weighted by molar-refractivity contribution is -0.129. The number of aromatic amines is 1. The summed E-state index contributed by atoms with van der Waals surface area (Å²) in [5, 5.41) is 1.19. The van der Waals surface area contributed by atoms with Crippen LogP contribution in [0.2, 0.25) is 0 Å². The van der Waals surface area contributed by atoms with Crippen LogP contribution in [-0.2, 0) is 11.2 Å². The summed E-state index contributed by atoms with van der Waals surface area (Å²) in [4.78, 5) is 21.0. The number of fused-ring (bicyclic) bond motifs is 4. The number of methoxy groups -OCH3 is 2. The van der Waals surface area contributed by atoms with Crippen LogP contribution in [-0.4, -0.2) is 54.2 Å². The molecule has 6 nitrogen and oxygen atoms in total. The van der Waals surface area contributed by atoms with Gasteiger partial charge in [-0.2, -0.15) is 0 Å². The summed E-state index contributed by atoms with van der Waals surface area (Å²) >= 11 is 0. The highest BCUT2D eigenvalue weighted by Gasteiger charge is 2.47. The van der Waals surface area contributed by atoms with Gasteiger partial charge >= 0.3 is 0 Å². The van der Waals surface area contributed by atoms with Crippen molar-refractivity contribution >= 4 is 16.8 Å². The van der Waals surface area contributed by atoms with Crippen LogP contribution in [0.25, 0.3) is 10.9 Å². The molecule has 1 saturated heterocycles. The Morgan fingerprint density at radius 3 is 2.73 bits per heavy atom. The molecule has 154 valence electrons. The van der Waals surface area contributed by atoms with Gasteiger partial charge in [0, 0.05) is 23.1 Å². The van der Waals surface area contributed by atoms with Crippen molar-refractivity contribution in [1.82, 2.24) is 14.8 Å². The van der Waals surface area contributed by atoms with E-state index < -0.39 is 0 Å². The van der Waals surface area contributed by atoms with Crippen LogP contribution >= 0.6 is 0 Å². The molecule has 0 aliphatic carbocycles. The molecule has 0 saturated carbocycles. The van der Waals surface area contributed by atoms with E-state index in [4.69, 9.17) is 9.47 Å². The van der Waals surface area contributed by atoms with E-state index in [0.717, 1.165) is 16.8 Å². The average Bonchev–Trinajstić information content (AvgIpc) is 3.29. The molecular weight excluding hydrogens is 378 g/mol. The first-order valence-electron chi connectivity index (χ1n) is 10.1. The third kappa shape index (κ3) is 2.71. The Hall–Kier alpha value is -3.25. The predicted molar refractivity (Wildman–Crippen MR) is 116 cm³/mol. The van der Waals surface area contributed by atoms with Crippen LogP contribution < -0.4 is 9.47 Å². The molecule has 1 fully saturated rings. The summed E-state index contributed by atoms with van der Waals surface area (Å²) in [5.41, 5.74) is 4.54. The van der Waals surface area contributed by atoms with E-state index in [1.54, 1.807) is 20.3 Å². The lowest BCUT2D eigenvalue weighted by Crippen LogP contribution is -2.42. The molecule has 1 aromatic heterocycles. The molecule has 2 unspecified atom stereocenters. The Morgan fingerprint density at radius 2 is 1.97 bits per heavy atom. The molecule has 0 spiro atoms. The molecule has 5 rings (SSSR count). The summed E-state index contributed by atoms with van der Waals surface area (Å²) in [5.74, 6) is 1.54. The van der Waals surface area contributed by atoms with Crippen LogP contribution in [0, 0.1) is 0 Å². The van der Waals surface area contributed by atoms with Crippen LogP contribution in [0.15, 0.2) is 55.1 Å². The number of aromatic nitrogens is 1. The SMILES string of the molecule is C=CCN1CN2C(Cc3c([nH]c4ccccc34)C2c2ccc(OC)c(OC)c2)C1=O. The van der Waals surface area contributed by atoms with Crippen molar-refractivity contribution in [3.05, 3.63) is 71.9 Å². The van der Waals surface area contributed by atoms with Crippen LogP contribution in [0.4, 0.5) is 0 Å². The first kappa shape index (κ1) is 18.8. The third-order valence-corrected chi connectivity index (χ3v) is 6.25. The molecule has 1 N–H and O–H groups in total. The van der Waals surface area contributed by atoms with Crippen molar-refractivity contribution in [2.24, 2.45) is 0 Å². The maximum absolute atomic E-state index is 13.2. The largest absolute Gasteiger partial charge is 0.493 e. The fourth-order valence-electron chi connectivity index (χ4n) is 4.90. The molecule has 2 atom stereocenters. The Labute approximate surface area is 175 Å². The van der Waals surface area contributed by atoms with Gasteiger partial charge in [-0.3, -0.25) is 9.69 Å². The van der Waals surface area contributed by atoms with Crippen LogP contribution in [0.5, 0.6) is 11.5 Å². The van der Waals surface area contributed by atoms with Crippen LogP contribution in [0.3, 0.4) is 0 Å². The second-order valence-corrected chi connectivity index (χ2v) is 7.80. The summed E-state index contributed by atoms with van der Waals surface area (Å²) in [6, 6.07) is 14.1. The average molecular weight is 403 g/mol. The van der Waals surface area contributed by atoms with Gasteiger partial charge in [0.05, 0.1) is 33.0 Å². The number of para-hydroxylation sites is 1. The van der Waals surface area contributed by atoms with E-state index in [2.05, 4.69) is 40.7 Å².